The summed E-state index contributed by atoms with van der Waals surface area (Å²) in [6, 6.07) is 3.48. The number of H-pyrrole nitrogens is 1. The average Bonchev–Trinajstić information content (AvgIpc) is 3.05. The number of hydrogen-bond donors (Lipinski definition) is 2. The highest BCUT2D eigenvalue weighted by Gasteiger charge is 2.21. The van der Waals surface area contributed by atoms with E-state index in [-0.39, 0.29) is 0 Å². The summed E-state index contributed by atoms with van der Waals surface area (Å²) in [5.74, 6) is 2.07. The summed E-state index contributed by atoms with van der Waals surface area (Å²) >= 11 is 12.1. The van der Waals surface area contributed by atoms with Crippen LogP contribution in [0.15, 0.2) is 12.1 Å². The van der Waals surface area contributed by atoms with Gasteiger partial charge in [-0.1, -0.05) is 36.0 Å². The molecule has 3 N–H and O–H groups in total. The van der Waals surface area contributed by atoms with Crippen molar-refractivity contribution in [3.8, 4) is 11.4 Å². The van der Waals surface area contributed by atoms with Gasteiger partial charge in [-0.05, 0) is 25.0 Å². The fraction of sp³-hybridized carbons (Fsp3) is 0.385. The number of benzene rings is 1. The maximum Gasteiger partial charge on any atom is 0.181 e. The van der Waals surface area contributed by atoms with Crippen LogP contribution in [-0.2, 0) is 0 Å². The van der Waals surface area contributed by atoms with Crippen LogP contribution in [0.25, 0.3) is 11.4 Å². The van der Waals surface area contributed by atoms with Gasteiger partial charge in [0.15, 0.2) is 5.82 Å². The minimum Gasteiger partial charge on any atom is -0.396 e. The molecule has 0 radical (unpaired) electrons. The number of aromatic amines is 1. The molecule has 0 atom stereocenters. The molecule has 1 heterocycles. The van der Waals surface area contributed by atoms with Gasteiger partial charge in [-0.2, -0.15) is 5.10 Å². The summed E-state index contributed by atoms with van der Waals surface area (Å²) in [7, 11) is 0. The van der Waals surface area contributed by atoms with Crippen LogP contribution in [0.2, 0.25) is 10.0 Å². The van der Waals surface area contributed by atoms with Gasteiger partial charge >= 0.3 is 0 Å². The number of nitrogens with two attached hydrogens (primary N) is 1. The van der Waals surface area contributed by atoms with Gasteiger partial charge in [0.05, 0.1) is 15.7 Å². The number of aromatic nitrogens is 3. The molecule has 1 fully saturated rings. The summed E-state index contributed by atoms with van der Waals surface area (Å²) < 4.78 is 0. The molecule has 19 heavy (non-hydrogen) atoms. The van der Waals surface area contributed by atoms with Gasteiger partial charge in [0.1, 0.15) is 5.82 Å². The molecule has 1 aliphatic rings. The monoisotopic (exact) mass is 296 g/mol. The zero-order chi connectivity index (χ0) is 13.4. The van der Waals surface area contributed by atoms with Crippen LogP contribution in [0, 0.1) is 0 Å². The van der Waals surface area contributed by atoms with Gasteiger partial charge in [0.25, 0.3) is 0 Å². The number of nitrogens with zero attached hydrogens (tertiary/aromatic N) is 2. The van der Waals surface area contributed by atoms with E-state index < -0.39 is 0 Å². The third-order valence-corrected chi connectivity index (χ3v) is 4.21. The molecular weight excluding hydrogens is 283 g/mol. The van der Waals surface area contributed by atoms with Crippen molar-refractivity contribution in [1.29, 1.82) is 0 Å². The number of nitrogen functional groups attached to an aromatic ring is 1. The second-order valence-electron chi connectivity index (χ2n) is 4.88. The van der Waals surface area contributed by atoms with E-state index in [0.717, 1.165) is 11.4 Å². The maximum atomic E-state index is 6.03. The third-order valence-electron chi connectivity index (χ3n) is 3.58. The summed E-state index contributed by atoms with van der Waals surface area (Å²) in [4.78, 5) is 4.55. The first-order chi connectivity index (χ1) is 9.15. The van der Waals surface area contributed by atoms with Crippen LogP contribution in [-0.4, -0.2) is 15.2 Å². The predicted molar refractivity (Wildman–Crippen MR) is 77.5 cm³/mol. The molecule has 1 aromatic heterocycles. The SMILES string of the molecule is Nc1c(Cl)cc(-c2n[nH]c(C3CCCC3)n2)cc1Cl. The van der Waals surface area contributed by atoms with Gasteiger partial charge in [-0.3, -0.25) is 5.10 Å². The highest BCUT2D eigenvalue weighted by molar-refractivity contribution is 6.39. The topological polar surface area (TPSA) is 67.6 Å². The first-order valence-corrected chi connectivity index (χ1v) is 7.08. The van der Waals surface area contributed by atoms with E-state index in [2.05, 4.69) is 15.2 Å². The lowest BCUT2D eigenvalue weighted by Gasteiger charge is -2.04. The number of halogens is 2. The summed E-state index contributed by atoms with van der Waals surface area (Å²) in [5, 5.41) is 8.12. The quantitative estimate of drug-likeness (QED) is 0.823. The Morgan fingerprint density at radius 2 is 1.79 bits per heavy atom. The first-order valence-electron chi connectivity index (χ1n) is 6.32. The van der Waals surface area contributed by atoms with Crippen molar-refractivity contribution in [1.82, 2.24) is 15.2 Å². The van der Waals surface area contributed by atoms with Crippen molar-refractivity contribution in [3.63, 3.8) is 0 Å². The van der Waals surface area contributed by atoms with Gasteiger partial charge < -0.3 is 5.73 Å². The Balaban J connectivity index is 1.94. The zero-order valence-corrected chi connectivity index (χ0v) is 11.8. The summed E-state index contributed by atoms with van der Waals surface area (Å²) in [5.41, 5.74) is 6.89. The molecule has 1 aromatic carbocycles. The normalized spacial score (nSPS) is 16.1. The molecule has 0 aliphatic heterocycles. The van der Waals surface area contributed by atoms with Crippen LogP contribution in [0.3, 0.4) is 0 Å². The Hall–Kier alpha value is -1.26. The van der Waals surface area contributed by atoms with E-state index in [0.29, 0.717) is 27.5 Å². The number of anilines is 1. The standard InChI is InChI=1S/C13H14Cl2N4/c14-9-5-8(6-10(15)11(9)16)13-17-12(18-19-13)7-3-1-2-4-7/h5-7H,1-4,16H2,(H,17,18,19). The van der Waals surface area contributed by atoms with Gasteiger partial charge in [0.2, 0.25) is 0 Å². The number of nitrogens with one attached hydrogen (secondary N) is 1. The molecule has 0 spiro atoms. The lowest BCUT2D eigenvalue weighted by molar-refractivity contribution is 0.672. The van der Waals surface area contributed by atoms with E-state index in [1.54, 1.807) is 12.1 Å². The third kappa shape index (κ3) is 2.42. The Bertz CT molecular complexity index is 579. The maximum absolute atomic E-state index is 6.03. The zero-order valence-electron chi connectivity index (χ0n) is 10.3. The van der Waals surface area contributed by atoms with Gasteiger partial charge in [0, 0.05) is 11.5 Å². The van der Waals surface area contributed by atoms with Crippen LogP contribution in [0.1, 0.15) is 37.4 Å². The van der Waals surface area contributed by atoms with Crippen LogP contribution < -0.4 is 5.73 Å². The van der Waals surface area contributed by atoms with E-state index >= 15 is 0 Å². The molecule has 3 rings (SSSR count). The lowest BCUT2D eigenvalue weighted by Crippen LogP contribution is -1.94. The van der Waals surface area contributed by atoms with E-state index in [1.165, 1.54) is 25.7 Å². The Morgan fingerprint density at radius 3 is 2.42 bits per heavy atom. The van der Waals surface area contributed by atoms with E-state index in [1.807, 2.05) is 0 Å². The van der Waals surface area contributed by atoms with Crippen molar-refractivity contribution in [2.24, 2.45) is 0 Å². The minimum absolute atomic E-state index is 0.388. The molecular formula is C13H14Cl2N4. The second kappa shape index (κ2) is 5.02. The molecule has 0 amide bonds. The molecule has 2 aromatic rings. The fourth-order valence-electron chi connectivity index (χ4n) is 2.50. The highest BCUT2D eigenvalue weighted by atomic mass is 35.5. The van der Waals surface area contributed by atoms with Gasteiger partial charge in [-0.15, -0.1) is 0 Å². The average molecular weight is 297 g/mol. The summed E-state index contributed by atoms with van der Waals surface area (Å²) in [6.45, 7) is 0. The predicted octanol–water partition coefficient (Wildman–Crippen LogP) is 4.02. The van der Waals surface area contributed by atoms with Gasteiger partial charge in [-0.25, -0.2) is 4.98 Å². The molecule has 0 bridgehead atoms. The Morgan fingerprint density at radius 1 is 1.16 bits per heavy atom. The Labute approximate surface area is 121 Å². The summed E-state index contributed by atoms with van der Waals surface area (Å²) in [6.07, 6.45) is 4.89. The van der Waals surface area contributed by atoms with Crippen molar-refractivity contribution in [2.45, 2.75) is 31.6 Å². The second-order valence-corrected chi connectivity index (χ2v) is 5.69. The van der Waals surface area contributed by atoms with Crippen molar-refractivity contribution < 1.29 is 0 Å². The van der Waals surface area contributed by atoms with Crippen LogP contribution in [0.4, 0.5) is 5.69 Å². The minimum atomic E-state index is 0.388. The smallest absolute Gasteiger partial charge is 0.181 e. The molecule has 6 heteroatoms. The van der Waals surface area contributed by atoms with E-state index in [4.69, 9.17) is 28.9 Å². The fourth-order valence-corrected chi connectivity index (χ4v) is 2.99. The first kappa shape index (κ1) is 12.8. The Kier molecular flexibility index (Phi) is 3.37. The van der Waals surface area contributed by atoms with Crippen molar-refractivity contribution >= 4 is 28.9 Å². The lowest BCUT2D eigenvalue weighted by atomic mass is 10.1. The largest absolute Gasteiger partial charge is 0.396 e. The van der Waals surface area contributed by atoms with Crippen molar-refractivity contribution in [3.05, 3.63) is 28.0 Å². The highest BCUT2D eigenvalue weighted by Crippen LogP contribution is 2.35. The molecule has 100 valence electrons. The molecule has 0 unspecified atom stereocenters. The van der Waals surface area contributed by atoms with Crippen molar-refractivity contribution in [2.75, 3.05) is 5.73 Å². The van der Waals surface area contributed by atoms with E-state index in [9.17, 15) is 0 Å². The molecule has 1 aliphatic carbocycles. The number of rotatable bonds is 2. The van der Waals surface area contributed by atoms with Crippen LogP contribution >= 0.6 is 23.2 Å². The molecule has 0 saturated heterocycles. The molecule has 4 nitrogen and oxygen atoms in total. The number of hydrogen-bond acceptors (Lipinski definition) is 3. The van der Waals surface area contributed by atoms with Crippen LogP contribution in [0.5, 0.6) is 0 Å². The molecule has 1 saturated carbocycles.